The Morgan fingerprint density at radius 2 is 2.00 bits per heavy atom. The van der Waals surface area contributed by atoms with Crippen molar-refractivity contribution in [1.29, 1.82) is 0 Å². The van der Waals surface area contributed by atoms with Crippen molar-refractivity contribution < 1.29 is 28.6 Å². The highest BCUT2D eigenvalue weighted by atomic mass is 16.6. The lowest BCUT2D eigenvalue weighted by atomic mass is 9.45. The summed E-state index contributed by atoms with van der Waals surface area (Å²) in [5.74, 6) is 0.293. The van der Waals surface area contributed by atoms with Gasteiger partial charge in [-0.1, -0.05) is 12.5 Å². The van der Waals surface area contributed by atoms with E-state index in [-0.39, 0.29) is 17.7 Å². The first-order chi connectivity index (χ1) is 12.9. The summed E-state index contributed by atoms with van der Waals surface area (Å²) in [5.41, 5.74) is 0.653. The molecular formula is C21H22O6. The molecule has 2 saturated carbocycles. The summed E-state index contributed by atoms with van der Waals surface area (Å²) in [6.45, 7) is 2.78. The van der Waals surface area contributed by atoms with Gasteiger partial charge in [0.25, 0.3) is 0 Å². The lowest BCUT2D eigenvalue weighted by molar-refractivity contribution is -0.206. The molecule has 5 rings (SSSR count). The fraction of sp³-hybridized carbons (Fsp3) is 0.571. The molecule has 27 heavy (non-hydrogen) atoms. The molecule has 2 bridgehead atoms. The number of carbonyl (C=O) groups excluding carboxylic acids is 3. The van der Waals surface area contributed by atoms with E-state index in [1.165, 1.54) is 13.8 Å². The van der Waals surface area contributed by atoms with Crippen molar-refractivity contribution in [2.45, 2.75) is 69.5 Å². The second-order valence-electron chi connectivity index (χ2n) is 8.23. The van der Waals surface area contributed by atoms with Crippen molar-refractivity contribution in [3.63, 3.8) is 0 Å². The van der Waals surface area contributed by atoms with Gasteiger partial charge in [0.15, 0.2) is 23.4 Å². The SMILES string of the molecule is CC(=O)Oc1ccc2c3c1O[C@H]1C(=O)CC[C@@]4(OC(C)=O)[C@H](CCCC314)C2. The minimum absolute atomic E-state index is 0.0382. The van der Waals surface area contributed by atoms with Crippen LogP contribution in [0.3, 0.4) is 0 Å². The summed E-state index contributed by atoms with van der Waals surface area (Å²) in [6.07, 6.45) is 3.63. The first-order valence-corrected chi connectivity index (χ1v) is 9.63. The van der Waals surface area contributed by atoms with Gasteiger partial charge in [-0.05, 0) is 37.3 Å². The number of esters is 2. The van der Waals surface area contributed by atoms with Gasteiger partial charge < -0.3 is 14.2 Å². The lowest BCUT2D eigenvalue weighted by Crippen LogP contribution is -2.71. The minimum Gasteiger partial charge on any atom is -0.477 e. The third-order valence-corrected chi connectivity index (χ3v) is 6.96. The van der Waals surface area contributed by atoms with Gasteiger partial charge in [0.2, 0.25) is 0 Å². The Morgan fingerprint density at radius 3 is 2.74 bits per heavy atom. The second kappa shape index (κ2) is 5.33. The fourth-order valence-electron chi connectivity index (χ4n) is 6.31. The van der Waals surface area contributed by atoms with Crippen LogP contribution in [0.4, 0.5) is 0 Å². The Balaban J connectivity index is 1.80. The molecule has 6 heteroatoms. The van der Waals surface area contributed by atoms with Crippen LogP contribution in [0.2, 0.25) is 0 Å². The molecule has 2 fully saturated rings. The van der Waals surface area contributed by atoms with Crippen LogP contribution >= 0.6 is 0 Å². The predicted octanol–water partition coefficient (Wildman–Crippen LogP) is 2.63. The van der Waals surface area contributed by atoms with Gasteiger partial charge in [0, 0.05) is 31.7 Å². The van der Waals surface area contributed by atoms with Crippen LogP contribution in [0.25, 0.3) is 0 Å². The summed E-state index contributed by atoms with van der Waals surface area (Å²) in [4.78, 5) is 36.6. The van der Waals surface area contributed by atoms with Gasteiger partial charge in [-0.2, -0.15) is 0 Å². The standard InChI is InChI=1S/C21H22O6/c1-11(22)25-16-6-5-13-10-14-4-3-8-20-17(13)18(16)26-19(20)15(24)7-9-21(14,20)27-12(2)23/h5-6,14,19H,3-4,7-10H2,1-2H3/t14-,19+,20?,21-/m1/s1. The van der Waals surface area contributed by atoms with Crippen molar-refractivity contribution in [3.05, 3.63) is 23.3 Å². The molecule has 1 aromatic carbocycles. The first-order valence-electron chi connectivity index (χ1n) is 9.63. The van der Waals surface area contributed by atoms with Crippen LogP contribution < -0.4 is 9.47 Å². The van der Waals surface area contributed by atoms with E-state index in [0.29, 0.717) is 24.3 Å². The molecule has 0 aromatic heterocycles. The Bertz CT molecular complexity index is 889. The van der Waals surface area contributed by atoms with Crippen LogP contribution in [0.15, 0.2) is 12.1 Å². The molecule has 0 N–H and O–H groups in total. The zero-order valence-electron chi connectivity index (χ0n) is 15.5. The van der Waals surface area contributed by atoms with Crippen LogP contribution in [-0.4, -0.2) is 29.4 Å². The van der Waals surface area contributed by atoms with Crippen molar-refractivity contribution in [2.75, 3.05) is 0 Å². The molecule has 0 saturated heterocycles. The van der Waals surface area contributed by atoms with E-state index in [0.717, 1.165) is 36.8 Å². The van der Waals surface area contributed by atoms with E-state index < -0.39 is 23.1 Å². The van der Waals surface area contributed by atoms with Gasteiger partial charge in [-0.25, -0.2) is 0 Å². The number of rotatable bonds is 2. The van der Waals surface area contributed by atoms with E-state index in [1.807, 2.05) is 6.07 Å². The molecule has 3 aliphatic carbocycles. The van der Waals surface area contributed by atoms with E-state index in [9.17, 15) is 14.4 Å². The molecule has 1 heterocycles. The topological polar surface area (TPSA) is 78.9 Å². The zero-order valence-corrected chi connectivity index (χ0v) is 15.5. The Kier molecular flexibility index (Phi) is 3.31. The summed E-state index contributed by atoms with van der Waals surface area (Å²) in [6, 6.07) is 3.72. The van der Waals surface area contributed by atoms with E-state index in [2.05, 4.69) is 0 Å². The van der Waals surface area contributed by atoms with E-state index in [1.54, 1.807) is 6.07 Å². The third-order valence-electron chi connectivity index (χ3n) is 6.96. The average Bonchev–Trinajstić information content (AvgIpc) is 2.93. The maximum atomic E-state index is 12.9. The molecular weight excluding hydrogens is 348 g/mol. The summed E-state index contributed by atoms with van der Waals surface area (Å²) < 4.78 is 17.7. The number of ether oxygens (including phenoxy) is 3. The normalized spacial score (nSPS) is 35.1. The molecule has 1 unspecified atom stereocenters. The number of benzene rings is 1. The van der Waals surface area contributed by atoms with Crippen molar-refractivity contribution in [1.82, 2.24) is 0 Å². The average molecular weight is 370 g/mol. The summed E-state index contributed by atoms with van der Waals surface area (Å²) >= 11 is 0. The number of ketones is 1. The molecule has 6 nitrogen and oxygen atoms in total. The Morgan fingerprint density at radius 1 is 1.19 bits per heavy atom. The van der Waals surface area contributed by atoms with Crippen LogP contribution in [-0.2, 0) is 31.0 Å². The van der Waals surface area contributed by atoms with Crippen molar-refractivity contribution in [3.8, 4) is 11.5 Å². The highest BCUT2D eigenvalue weighted by Crippen LogP contribution is 2.68. The molecule has 4 aliphatic rings. The third kappa shape index (κ3) is 1.93. The Labute approximate surface area is 157 Å². The van der Waals surface area contributed by atoms with Gasteiger partial charge in [-0.3, -0.25) is 14.4 Å². The van der Waals surface area contributed by atoms with E-state index in [4.69, 9.17) is 14.2 Å². The molecule has 4 atom stereocenters. The van der Waals surface area contributed by atoms with Crippen molar-refractivity contribution in [2.24, 2.45) is 5.92 Å². The van der Waals surface area contributed by atoms with Crippen molar-refractivity contribution >= 4 is 17.7 Å². The van der Waals surface area contributed by atoms with Gasteiger partial charge in [0.1, 0.15) is 5.60 Å². The maximum Gasteiger partial charge on any atom is 0.308 e. The highest BCUT2D eigenvalue weighted by molar-refractivity contribution is 5.90. The molecule has 0 radical (unpaired) electrons. The van der Waals surface area contributed by atoms with E-state index >= 15 is 0 Å². The Hall–Kier alpha value is -2.37. The minimum atomic E-state index is -0.719. The highest BCUT2D eigenvalue weighted by Gasteiger charge is 2.74. The van der Waals surface area contributed by atoms with Crippen LogP contribution in [0.1, 0.15) is 57.1 Å². The summed E-state index contributed by atoms with van der Waals surface area (Å²) in [7, 11) is 0. The zero-order chi connectivity index (χ0) is 19.0. The predicted molar refractivity (Wildman–Crippen MR) is 93.6 cm³/mol. The van der Waals surface area contributed by atoms with Gasteiger partial charge >= 0.3 is 11.9 Å². The number of hydrogen-bond acceptors (Lipinski definition) is 6. The van der Waals surface area contributed by atoms with Crippen LogP contribution in [0.5, 0.6) is 11.5 Å². The lowest BCUT2D eigenvalue weighted by Gasteiger charge is -2.61. The quantitative estimate of drug-likeness (QED) is 0.588. The molecule has 1 aliphatic heterocycles. The molecule has 1 spiro atoms. The fourth-order valence-corrected chi connectivity index (χ4v) is 6.31. The largest absolute Gasteiger partial charge is 0.477 e. The van der Waals surface area contributed by atoms with Gasteiger partial charge in [0.05, 0.1) is 5.41 Å². The van der Waals surface area contributed by atoms with Gasteiger partial charge in [-0.15, -0.1) is 0 Å². The number of hydrogen-bond donors (Lipinski definition) is 0. The number of carbonyl (C=O) groups is 3. The second-order valence-corrected chi connectivity index (χ2v) is 8.23. The maximum absolute atomic E-state index is 12.9. The molecule has 142 valence electrons. The first kappa shape index (κ1) is 16.8. The molecule has 1 aromatic rings. The molecule has 0 amide bonds. The monoisotopic (exact) mass is 370 g/mol. The summed E-state index contributed by atoms with van der Waals surface area (Å²) in [5, 5.41) is 0. The number of Topliss-reactive ketones (excluding diaryl/α,β-unsaturated/α-hetero) is 1. The van der Waals surface area contributed by atoms with Crippen LogP contribution in [0, 0.1) is 5.92 Å². The smallest absolute Gasteiger partial charge is 0.308 e.